The maximum atomic E-state index is 15.2. The van der Waals surface area contributed by atoms with Crippen LogP contribution in [0.5, 0.6) is 0 Å². The molecule has 11 nitrogen and oxygen atoms in total. The van der Waals surface area contributed by atoms with Gasteiger partial charge in [0.1, 0.15) is 19.7 Å². The van der Waals surface area contributed by atoms with Gasteiger partial charge in [0.05, 0.1) is 18.7 Å². The zero-order valence-electron chi connectivity index (χ0n) is 27.0. The van der Waals surface area contributed by atoms with Crippen molar-refractivity contribution in [3.05, 3.63) is 141 Å². The number of carbonyl (C=O) groups is 4. The number of anilines is 2. The smallest absolute Gasteiger partial charge is 0.481 e. The lowest BCUT2D eigenvalue weighted by atomic mass is 9.93. The van der Waals surface area contributed by atoms with Gasteiger partial charge in [-0.05, 0) is 29.9 Å². The molecule has 0 bridgehead atoms. The summed E-state index contributed by atoms with van der Waals surface area (Å²) in [6.07, 6.45) is -1.34. The first kappa shape index (κ1) is 36.0. The molecule has 0 aliphatic rings. The predicted molar refractivity (Wildman–Crippen MR) is 192 cm³/mol. The number of Topliss-reactive ketones (excluding diaryl/α,β-unsaturated/α-hetero) is 1. The Labute approximate surface area is 298 Å². The molecule has 4 aromatic carbocycles. The van der Waals surface area contributed by atoms with Crippen molar-refractivity contribution in [2.45, 2.75) is 38.6 Å². The van der Waals surface area contributed by atoms with Crippen molar-refractivity contribution >= 4 is 58.1 Å². The number of nitrogens with one attached hydrogen (secondary N) is 1. The molecule has 256 valence electrons. The number of ether oxygens (including phenoxy) is 1. The Morgan fingerprint density at radius 2 is 1.38 bits per heavy atom. The Bertz CT molecular complexity index is 1940. The summed E-state index contributed by atoms with van der Waals surface area (Å²) >= 11 is 6.25. The number of benzene rings is 4. The van der Waals surface area contributed by atoms with Crippen LogP contribution in [0.4, 0.5) is 15.6 Å². The molecule has 1 atom stereocenters. The maximum Gasteiger partial charge on any atom is 0.517 e. The maximum absolute atomic E-state index is 15.2. The Morgan fingerprint density at radius 1 is 0.840 bits per heavy atom. The highest BCUT2D eigenvalue weighted by molar-refractivity contribution is 7.73. The molecule has 4 N–H and O–H groups in total. The molecule has 0 saturated heterocycles. The summed E-state index contributed by atoms with van der Waals surface area (Å²) in [5, 5.41) is 16.9. The number of ketones is 1. The van der Waals surface area contributed by atoms with E-state index in [1.165, 1.54) is 4.90 Å². The topological polar surface area (TPSA) is 156 Å². The predicted octanol–water partition coefficient (Wildman–Crippen LogP) is 6.79. The van der Waals surface area contributed by atoms with E-state index in [2.05, 4.69) is 10.2 Å². The zero-order chi connectivity index (χ0) is 35.5. The number of quaternary nitrogens is 1. The highest BCUT2D eigenvalue weighted by atomic mass is 32.1. The molecule has 1 aromatic heterocycles. The first-order valence-corrected chi connectivity index (χ1v) is 17.0. The molecule has 0 radical (unpaired) electrons. The van der Waals surface area contributed by atoms with Crippen molar-refractivity contribution in [2.24, 2.45) is 5.73 Å². The second-order valence-corrected chi connectivity index (χ2v) is 13.2. The fourth-order valence-corrected chi connectivity index (χ4v) is 6.78. The van der Waals surface area contributed by atoms with Crippen LogP contribution in [0.2, 0.25) is 0 Å². The fourth-order valence-electron chi connectivity index (χ4n) is 5.87. The number of nitrogens with zero attached hydrogens (tertiary/aromatic N) is 3. The first-order valence-electron chi connectivity index (χ1n) is 15.8. The van der Waals surface area contributed by atoms with Crippen LogP contribution in [-0.4, -0.2) is 56.1 Å². The van der Waals surface area contributed by atoms with Gasteiger partial charge in [0, 0.05) is 23.1 Å². The van der Waals surface area contributed by atoms with E-state index in [0.717, 1.165) is 28.0 Å². The van der Waals surface area contributed by atoms with Gasteiger partial charge >= 0.3 is 12.1 Å². The molecule has 0 fully saturated rings. The van der Waals surface area contributed by atoms with Crippen LogP contribution >= 0.6 is 23.6 Å². The Hall–Kier alpha value is -5.34. The molecule has 50 heavy (non-hydrogen) atoms. The number of carboxylic acids is 1. The van der Waals surface area contributed by atoms with E-state index < -0.39 is 47.2 Å². The number of carboxylic acid groups (broad SMARTS) is 1. The molecule has 0 aliphatic carbocycles. The molecule has 2 amide bonds. The lowest BCUT2D eigenvalue weighted by molar-refractivity contribution is -0.899. The summed E-state index contributed by atoms with van der Waals surface area (Å²) in [5.74, 6) is -2.25. The number of H-pyrrole nitrogens is 1. The average molecular weight is 711 g/mol. The van der Waals surface area contributed by atoms with E-state index in [1.54, 1.807) is 24.3 Å². The number of nitrogens with two attached hydrogens (primary N) is 1. The van der Waals surface area contributed by atoms with Crippen LogP contribution in [0, 0.1) is 3.95 Å². The second kappa shape index (κ2) is 16.9. The van der Waals surface area contributed by atoms with Crippen molar-refractivity contribution in [1.29, 1.82) is 0 Å². The summed E-state index contributed by atoms with van der Waals surface area (Å²) in [6.45, 7) is -0.449. The molecule has 0 unspecified atom stereocenters. The standard InChI is InChI=1S/C37H35N5O6S2/c38-22-32(43)41(35-39-40-36(49)50-35)30-19-11-10-18-29(30)34(46)31(20-21-33(44)45)42(23-26-12-4-1-5-13-26,24-27-14-6-2-7-15-27)37(47)48-25-28-16-8-3-9-17-28/h1-19,31H,20-25,38H2,(H-,40,44,45,49)/p+1/t31-/m0/s1. The minimum atomic E-state index is -1.27. The highest BCUT2D eigenvalue weighted by Crippen LogP contribution is 2.36. The Balaban J connectivity index is 1.71. The number of hydrogen-bond acceptors (Lipinski definition) is 9. The molecular weight excluding hydrogens is 675 g/mol. The van der Waals surface area contributed by atoms with Crippen molar-refractivity contribution in [1.82, 2.24) is 10.2 Å². The van der Waals surface area contributed by atoms with Gasteiger partial charge in [-0.15, -0.1) is 5.10 Å². The summed E-state index contributed by atoms with van der Waals surface area (Å²) in [6, 6.07) is 32.7. The summed E-state index contributed by atoms with van der Waals surface area (Å²) in [7, 11) is 0. The van der Waals surface area contributed by atoms with Gasteiger partial charge in [0.15, 0.2) is 10.00 Å². The van der Waals surface area contributed by atoms with Gasteiger partial charge in [-0.25, -0.2) is 4.48 Å². The summed E-state index contributed by atoms with van der Waals surface area (Å²) in [5.41, 5.74) is 8.27. The van der Waals surface area contributed by atoms with E-state index in [9.17, 15) is 19.5 Å². The lowest BCUT2D eigenvalue weighted by Crippen LogP contribution is -2.61. The monoisotopic (exact) mass is 710 g/mol. The van der Waals surface area contributed by atoms with Crippen LogP contribution in [0.1, 0.15) is 39.9 Å². The number of aromatic nitrogens is 2. The number of carbonyl (C=O) groups excluding carboxylic acids is 3. The van der Waals surface area contributed by atoms with Gasteiger partial charge < -0.3 is 15.6 Å². The molecule has 0 aliphatic heterocycles. The third-order valence-electron chi connectivity index (χ3n) is 8.17. The molecule has 5 rings (SSSR count). The van der Waals surface area contributed by atoms with E-state index >= 15 is 4.79 Å². The largest absolute Gasteiger partial charge is 0.517 e. The summed E-state index contributed by atoms with van der Waals surface area (Å²) < 4.78 is 5.76. The molecular formula is C37H36N5O6S2+. The van der Waals surface area contributed by atoms with Crippen molar-refractivity contribution in [3.63, 3.8) is 0 Å². The molecule has 5 aromatic rings. The SMILES string of the molecule is NCC(=O)N(c1n[nH]c(=S)s1)c1ccccc1C(=O)[C@H](CCC(=O)O)[N+](Cc1ccccc1)(Cc1ccccc1)C(=O)OCc1ccccc1. The molecule has 0 saturated carbocycles. The number of rotatable bonds is 15. The normalized spacial score (nSPS) is 11.8. The molecule has 13 heteroatoms. The van der Waals surface area contributed by atoms with Gasteiger partial charge in [-0.1, -0.05) is 114 Å². The van der Waals surface area contributed by atoms with E-state index in [-0.39, 0.29) is 42.5 Å². The number of amides is 2. The number of para-hydroxylation sites is 1. The van der Waals surface area contributed by atoms with Crippen LogP contribution in [0.3, 0.4) is 0 Å². The Kier molecular flexibility index (Phi) is 12.1. The number of hydrogen-bond donors (Lipinski definition) is 3. The van der Waals surface area contributed by atoms with Crippen LogP contribution < -0.4 is 10.6 Å². The highest BCUT2D eigenvalue weighted by Gasteiger charge is 2.51. The minimum absolute atomic E-state index is 0.00768. The van der Waals surface area contributed by atoms with Crippen molar-refractivity contribution < 1.29 is 33.5 Å². The number of aromatic amines is 1. The first-order chi connectivity index (χ1) is 24.2. The van der Waals surface area contributed by atoms with Crippen LogP contribution in [-0.2, 0) is 34.0 Å². The van der Waals surface area contributed by atoms with Crippen LogP contribution in [0.25, 0.3) is 0 Å². The fraction of sp³-hybridized carbons (Fsp3) is 0.189. The third kappa shape index (κ3) is 8.62. The minimum Gasteiger partial charge on any atom is -0.481 e. The van der Waals surface area contributed by atoms with E-state index in [0.29, 0.717) is 3.95 Å². The van der Waals surface area contributed by atoms with Crippen molar-refractivity contribution in [2.75, 3.05) is 11.4 Å². The lowest BCUT2D eigenvalue weighted by Gasteiger charge is -2.40. The third-order valence-corrected chi connectivity index (χ3v) is 9.24. The van der Waals surface area contributed by atoms with E-state index in [4.69, 9.17) is 22.7 Å². The van der Waals surface area contributed by atoms with Gasteiger partial charge in [0.25, 0.3) is 0 Å². The van der Waals surface area contributed by atoms with Crippen LogP contribution in [0.15, 0.2) is 115 Å². The van der Waals surface area contributed by atoms with Crippen molar-refractivity contribution in [3.8, 4) is 0 Å². The quantitative estimate of drug-likeness (QED) is 0.0605. The van der Waals surface area contributed by atoms with Gasteiger partial charge in [-0.3, -0.25) is 24.4 Å². The van der Waals surface area contributed by atoms with Gasteiger partial charge in [-0.2, -0.15) is 4.79 Å². The van der Waals surface area contributed by atoms with E-state index in [1.807, 2.05) is 91.0 Å². The number of aliphatic carboxylic acids is 1. The Morgan fingerprint density at radius 3 is 1.90 bits per heavy atom. The average Bonchev–Trinajstić information content (AvgIpc) is 3.57. The van der Waals surface area contributed by atoms with Gasteiger partial charge in [0.2, 0.25) is 16.8 Å². The zero-order valence-corrected chi connectivity index (χ0v) is 28.6. The second-order valence-electron chi connectivity index (χ2n) is 11.5. The summed E-state index contributed by atoms with van der Waals surface area (Å²) in [4.78, 5) is 56.7. The molecule has 0 spiro atoms. The molecule has 1 heterocycles.